The normalized spacial score (nSPS) is 23.7. The van der Waals surface area contributed by atoms with Crippen LogP contribution < -0.4 is 5.32 Å². The molecule has 3 N–H and O–H groups in total. The summed E-state index contributed by atoms with van der Waals surface area (Å²) in [6.45, 7) is 3.40. The second-order valence-electron chi connectivity index (χ2n) is 6.49. The minimum Gasteiger partial charge on any atom is -0.462 e. The predicted octanol–water partition coefficient (Wildman–Crippen LogP) is -0.471. The first kappa shape index (κ1) is 16.4. The lowest BCUT2D eigenvalue weighted by atomic mass is 10.3. The number of rotatable bonds is 6. The summed E-state index contributed by atoms with van der Waals surface area (Å²) in [7, 11) is 0. The number of aliphatic hydroxyl groups excluding tert-OH is 2. The van der Waals surface area contributed by atoms with Crippen LogP contribution in [0, 0.1) is 0 Å². The van der Waals surface area contributed by atoms with Crippen LogP contribution in [0.5, 0.6) is 0 Å². The van der Waals surface area contributed by atoms with Gasteiger partial charge in [0.2, 0.25) is 5.91 Å². The van der Waals surface area contributed by atoms with Gasteiger partial charge in [0, 0.05) is 32.2 Å². The summed E-state index contributed by atoms with van der Waals surface area (Å²) in [4.78, 5) is 16.0. The Morgan fingerprint density at radius 1 is 1.22 bits per heavy atom. The number of aliphatic hydroxyl groups is 2. The number of nitrogens with zero attached hydrogens (tertiary/aromatic N) is 2. The molecule has 2 heterocycles. The molecule has 1 saturated heterocycles. The molecular formula is C16H25N3O4. The number of β-amino-alcohol motifs (C(OH)–C–C–N with tert-alkyl or cyclic N) is 1. The lowest BCUT2D eigenvalue weighted by molar-refractivity contribution is -0.122. The molecule has 2 aliphatic rings. The Balaban J connectivity index is 1.49. The summed E-state index contributed by atoms with van der Waals surface area (Å²) in [5.41, 5.74) is 0. The third-order valence-corrected chi connectivity index (χ3v) is 4.23. The van der Waals surface area contributed by atoms with Crippen molar-refractivity contribution in [2.45, 2.75) is 38.1 Å². The lowest BCUT2D eigenvalue weighted by Crippen LogP contribution is -2.41. The van der Waals surface area contributed by atoms with Crippen molar-refractivity contribution in [1.29, 1.82) is 0 Å². The minimum atomic E-state index is -0.488. The molecule has 1 atom stereocenters. The van der Waals surface area contributed by atoms with Gasteiger partial charge in [0.25, 0.3) is 0 Å². The molecule has 3 rings (SSSR count). The first-order chi connectivity index (χ1) is 11.1. The van der Waals surface area contributed by atoms with Gasteiger partial charge in [0.15, 0.2) is 0 Å². The minimum absolute atomic E-state index is 0.0479. The smallest absolute Gasteiger partial charge is 0.234 e. The Kier molecular flexibility index (Phi) is 5.32. The third kappa shape index (κ3) is 5.04. The molecule has 1 aromatic heterocycles. The Hall–Kier alpha value is -1.41. The fraction of sp³-hybridized carbons (Fsp3) is 0.688. The van der Waals surface area contributed by atoms with E-state index in [1.165, 1.54) is 0 Å². The molecule has 1 aliphatic carbocycles. The van der Waals surface area contributed by atoms with Crippen molar-refractivity contribution in [2.24, 2.45) is 0 Å². The van der Waals surface area contributed by atoms with Crippen LogP contribution in [-0.4, -0.2) is 70.8 Å². The van der Waals surface area contributed by atoms with E-state index in [1.807, 2.05) is 11.0 Å². The van der Waals surface area contributed by atoms with E-state index in [4.69, 9.17) is 9.52 Å². The second-order valence-corrected chi connectivity index (χ2v) is 6.49. The van der Waals surface area contributed by atoms with E-state index in [9.17, 15) is 9.90 Å². The number of furan rings is 1. The number of carbonyl (C=O) groups excluding carboxylic acids is 1. The number of hydrogen-bond acceptors (Lipinski definition) is 6. The highest BCUT2D eigenvalue weighted by Crippen LogP contribution is 2.18. The van der Waals surface area contributed by atoms with Crippen LogP contribution in [0.3, 0.4) is 0 Å². The predicted molar refractivity (Wildman–Crippen MR) is 83.5 cm³/mol. The van der Waals surface area contributed by atoms with E-state index >= 15 is 0 Å². The SMILES string of the molecule is O=C(CN1CCN(Cc2ccc(CO)o2)C[C@H](O)C1)NC1CC1. The van der Waals surface area contributed by atoms with E-state index < -0.39 is 6.10 Å². The second kappa shape index (κ2) is 7.44. The largest absolute Gasteiger partial charge is 0.462 e. The maximum absolute atomic E-state index is 11.9. The Bertz CT molecular complexity index is 529. The third-order valence-electron chi connectivity index (χ3n) is 4.23. The van der Waals surface area contributed by atoms with Crippen LogP contribution >= 0.6 is 0 Å². The maximum atomic E-state index is 11.9. The molecule has 2 fully saturated rings. The van der Waals surface area contributed by atoms with E-state index in [0.717, 1.165) is 31.7 Å². The fourth-order valence-corrected chi connectivity index (χ4v) is 2.92. The summed E-state index contributed by atoms with van der Waals surface area (Å²) in [6, 6.07) is 3.98. The quantitative estimate of drug-likeness (QED) is 0.656. The summed E-state index contributed by atoms with van der Waals surface area (Å²) in [5.74, 6) is 1.38. The van der Waals surface area contributed by atoms with Gasteiger partial charge in [0.1, 0.15) is 18.1 Å². The van der Waals surface area contributed by atoms with Crippen LogP contribution in [0.1, 0.15) is 24.4 Å². The first-order valence-electron chi connectivity index (χ1n) is 8.23. The Morgan fingerprint density at radius 3 is 2.61 bits per heavy atom. The fourth-order valence-electron chi connectivity index (χ4n) is 2.92. The maximum Gasteiger partial charge on any atom is 0.234 e. The van der Waals surface area contributed by atoms with Crippen LogP contribution in [0.15, 0.2) is 16.5 Å². The zero-order chi connectivity index (χ0) is 16.2. The van der Waals surface area contributed by atoms with Crippen molar-refractivity contribution in [3.63, 3.8) is 0 Å². The van der Waals surface area contributed by atoms with Crippen molar-refractivity contribution in [3.05, 3.63) is 23.7 Å². The van der Waals surface area contributed by atoms with Gasteiger partial charge in [-0.1, -0.05) is 0 Å². The molecule has 7 nitrogen and oxygen atoms in total. The van der Waals surface area contributed by atoms with Gasteiger partial charge in [0.05, 0.1) is 19.2 Å². The molecule has 1 aliphatic heterocycles. The highest BCUT2D eigenvalue weighted by atomic mass is 16.4. The summed E-state index contributed by atoms with van der Waals surface area (Å²) < 4.78 is 5.50. The first-order valence-corrected chi connectivity index (χ1v) is 8.23. The average Bonchev–Trinajstić information content (AvgIpc) is 3.22. The Morgan fingerprint density at radius 2 is 1.91 bits per heavy atom. The van der Waals surface area contributed by atoms with E-state index in [2.05, 4.69) is 10.2 Å². The monoisotopic (exact) mass is 323 g/mol. The van der Waals surface area contributed by atoms with Crippen LogP contribution in [-0.2, 0) is 17.9 Å². The highest BCUT2D eigenvalue weighted by Gasteiger charge is 2.26. The molecule has 0 bridgehead atoms. The van der Waals surface area contributed by atoms with Crippen molar-refractivity contribution >= 4 is 5.91 Å². The molecule has 1 aromatic rings. The van der Waals surface area contributed by atoms with Gasteiger partial charge in [-0.3, -0.25) is 14.6 Å². The van der Waals surface area contributed by atoms with Gasteiger partial charge in [-0.05, 0) is 25.0 Å². The number of amides is 1. The van der Waals surface area contributed by atoms with Gasteiger partial charge >= 0.3 is 0 Å². The summed E-state index contributed by atoms with van der Waals surface area (Å²) >= 11 is 0. The lowest BCUT2D eigenvalue weighted by Gasteiger charge is -2.20. The number of nitrogens with one attached hydrogen (secondary N) is 1. The van der Waals surface area contributed by atoms with Crippen LogP contribution in [0.25, 0.3) is 0 Å². The summed E-state index contributed by atoms with van der Waals surface area (Å²) in [6.07, 6.45) is 1.68. The van der Waals surface area contributed by atoms with Gasteiger partial charge in [-0.25, -0.2) is 0 Å². The molecule has 23 heavy (non-hydrogen) atoms. The highest BCUT2D eigenvalue weighted by molar-refractivity contribution is 5.78. The van der Waals surface area contributed by atoms with E-state index in [0.29, 0.717) is 38.0 Å². The van der Waals surface area contributed by atoms with Crippen molar-refractivity contribution in [2.75, 3.05) is 32.7 Å². The molecular weight excluding hydrogens is 298 g/mol. The molecule has 128 valence electrons. The van der Waals surface area contributed by atoms with Gasteiger partial charge in [-0.15, -0.1) is 0 Å². The molecule has 0 unspecified atom stereocenters. The zero-order valence-corrected chi connectivity index (χ0v) is 13.3. The molecule has 0 radical (unpaired) electrons. The Labute approximate surface area is 135 Å². The number of hydrogen-bond donors (Lipinski definition) is 3. The van der Waals surface area contributed by atoms with E-state index in [1.54, 1.807) is 6.07 Å². The summed E-state index contributed by atoms with van der Waals surface area (Å²) in [5, 5.41) is 22.2. The molecule has 0 aromatic carbocycles. The van der Waals surface area contributed by atoms with Crippen molar-refractivity contribution < 1.29 is 19.4 Å². The van der Waals surface area contributed by atoms with Gasteiger partial charge in [-0.2, -0.15) is 0 Å². The van der Waals surface area contributed by atoms with Crippen LogP contribution in [0.4, 0.5) is 0 Å². The van der Waals surface area contributed by atoms with Crippen molar-refractivity contribution in [1.82, 2.24) is 15.1 Å². The standard InChI is InChI=1S/C16H25N3O4/c20-11-15-4-3-14(23-15)9-18-5-6-19(8-13(21)7-18)10-16(22)17-12-1-2-12/h3-4,12-13,20-21H,1-2,5-11H2,(H,17,22)/t13-/m0/s1. The molecule has 7 heteroatoms. The topological polar surface area (TPSA) is 89.2 Å². The zero-order valence-electron chi connectivity index (χ0n) is 13.3. The van der Waals surface area contributed by atoms with Crippen LogP contribution in [0.2, 0.25) is 0 Å². The van der Waals surface area contributed by atoms with Crippen molar-refractivity contribution in [3.8, 4) is 0 Å². The number of carbonyl (C=O) groups is 1. The van der Waals surface area contributed by atoms with Gasteiger partial charge < -0.3 is 19.9 Å². The van der Waals surface area contributed by atoms with E-state index in [-0.39, 0.29) is 12.5 Å². The molecule has 0 spiro atoms. The average molecular weight is 323 g/mol. The molecule has 1 saturated carbocycles. The molecule has 1 amide bonds.